The third-order valence-corrected chi connectivity index (χ3v) is 4.78. The van der Waals surface area contributed by atoms with E-state index in [9.17, 15) is 5.11 Å². The van der Waals surface area contributed by atoms with Gasteiger partial charge in [0.25, 0.3) is 0 Å². The van der Waals surface area contributed by atoms with E-state index in [2.05, 4.69) is 17.4 Å². The Labute approximate surface area is 121 Å². The van der Waals surface area contributed by atoms with E-state index in [-0.39, 0.29) is 12.2 Å². The minimum Gasteiger partial charge on any atom is -0.392 e. The predicted molar refractivity (Wildman–Crippen MR) is 79.4 cm³/mol. The van der Waals surface area contributed by atoms with E-state index in [4.69, 9.17) is 4.74 Å². The summed E-state index contributed by atoms with van der Waals surface area (Å²) in [5.74, 6) is 0. The van der Waals surface area contributed by atoms with Gasteiger partial charge >= 0.3 is 0 Å². The standard InChI is InChI=1S/C17H25NO2/c19-13-15-5-3-4-14(10-15)12-18-16-6-9-20-17(11-16)7-1-2-8-17/h3-5,10,16,18-19H,1-2,6-9,11-13H2. The van der Waals surface area contributed by atoms with Gasteiger partial charge in [0.2, 0.25) is 0 Å². The maximum atomic E-state index is 9.18. The van der Waals surface area contributed by atoms with Crippen molar-refractivity contribution < 1.29 is 9.84 Å². The van der Waals surface area contributed by atoms with E-state index < -0.39 is 0 Å². The molecule has 20 heavy (non-hydrogen) atoms. The van der Waals surface area contributed by atoms with Crippen molar-refractivity contribution in [2.45, 2.75) is 63.3 Å². The summed E-state index contributed by atoms with van der Waals surface area (Å²) < 4.78 is 6.07. The van der Waals surface area contributed by atoms with Crippen molar-refractivity contribution in [3.63, 3.8) is 0 Å². The molecule has 2 aliphatic rings. The number of aliphatic hydroxyl groups excluding tert-OH is 1. The highest BCUT2D eigenvalue weighted by Crippen LogP contribution is 2.39. The monoisotopic (exact) mass is 275 g/mol. The van der Waals surface area contributed by atoms with E-state index >= 15 is 0 Å². The number of nitrogens with one attached hydrogen (secondary N) is 1. The molecule has 1 aromatic rings. The molecule has 1 aliphatic carbocycles. The van der Waals surface area contributed by atoms with Crippen molar-refractivity contribution in [2.75, 3.05) is 6.61 Å². The molecule has 0 bridgehead atoms. The summed E-state index contributed by atoms with van der Waals surface area (Å²) in [5.41, 5.74) is 2.43. The Morgan fingerprint density at radius 1 is 1.25 bits per heavy atom. The summed E-state index contributed by atoms with van der Waals surface area (Å²) in [6, 6.07) is 8.75. The maximum absolute atomic E-state index is 9.18. The van der Waals surface area contributed by atoms with Crippen LogP contribution in [0, 0.1) is 0 Å². The van der Waals surface area contributed by atoms with Crippen LogP contribution in [0.3, 0.4) is 0 Å². The molecule has 1 saturated carbocycles. The Morgan fingerprint density at radius 2 is 2.05 bits per heavy atom. The first-order valence-electron chi connectivity index (χ1n) is 7.86. The Balaban J connectivity index is 1.55. The number of rotatable bonds is 4. The lowest BCUT2D eigenvalue weighted by Crippen LogP contribution is -2.45. The molecule has 1 spiro atoms. The smallest absolute Gasteiger partial charge is 0.0697 e. The number of hydrogen-bond acceptors (Lipinski definition) is 3. The van der Waals surface area contributed by atoms with Gasteiger partial charge in [0.1, 0.15) is 0 Å². The second-order valence-electron chi connectivity index (χ2n) is 6.29. The molecule has 1 aliphatic heterocycles. The molecule has 1 heterocycles. The summed E-state index contributed by atoms with van der Waals surface area (Å²) in [6.07, 6.45) is 7.40. The minimum absolute atomic E-state index is 0.119. The van der Waals surface area contributed by atoms with Gasteiger partial charge in [-0.05, 0) is 36.8 Å². The van der Waals surface area contributed by atoms with Gasteiger partial charge < -0.3 is 15.2 Å². The van der Waals surface area contributed by atoms with Crippen LogP contribution >= 0.6 is 0 Å². The van der Waals surface area contributed by atoms with Gasteiger partial charge in [-0.25, -0.2) is 0 Å². The van der Waals surface area contributed by atoms with Crippen LogP contribution in [0.5, 0.6) is 0 Å². The normalized spacial score (nSPS) is 25.1. The van der Waals surface area contributed by atoms with Gasteiger partial charge in [0.05, 0.1) is 12.2 Å². The fourth-order valence-electron chi connectivity index (χ4n) is 3.67. The van der Waals surface area contributed by atoms with Crippen LogP contribution in [0.2, 0.25) is 0 Å². The fourth-order valence-corrected chi connectivity index (χ4v) is 3.67. The lowest BCUT2D eigenvalue weighted by molar-refractivity contribution is -0.0837. The molecular weight excluding hydrogens is 250 g/mol. The molecule has 3 heteroatoms. The van der Waals surface area contributed by atoms with Crippen molar-refractivity contribution in [1.82, 2.24) is 5.32 Å². The van der Waals surface area contributed by atoms with E-state index in [0.29, 0.717) is 6.04 Å². The van der Waals surface area contributed by atoms with Crippen molar-refractivity contribution in [1.29, 1.82) is 0 Å². The Hall–Kier alpha value is -0.900. The lowest BCUT2D eigenvalue weighted by atomic mass is 9.89. The molecule has 2 N–H and O–H groups in total. The molecular formula is C17H25NO2. The van der Waals surface area contributed by atoms with Crippen LogP contribution in [-0.2, 0) is 17.9 Å². The molecule has 1 saturated heterocycles. The van der Waals surface area contributed by atoms with Crippen LogP contribution in [-0.4, -0.2) is 23.4 Å². The minimum atomic E-state index is 0.119. The van der Waals surface area contributed by atoms with Crippen LogP contribution in [0.15, 0.2) is 24.3 Å². The van der Waals surface area contributed by atoms with Crippen molar-refractivity contribution in [3.05, 3.63) is 35.4 Å². The molecule has 0 aromatic heterocycles. The Morgan fingerprint density at radius 3 is 2.85 bits per heavy atom. The first-order valence-corrected chi connectivity index (χ1v) is 7.86. The first-order chi connectivity index (χ1) is 9.80. The molecule has 2 fully saturated rings. The molecule has 3 rings (SSSR count). The van der Waals surface area contributed by atoms with Crippen molar-refractivity contribution in [2.24, 2.45) is 0 Å². The number of hydrogen-bond donors (Lipinski definition) is 2. The zero-order chi connectivity index (χ0) is 13.8. The molecule has 1 atom stereocenters. The van der Waals surface area contributed by atoms with Crippen LogP contribution in [0.4, 0.5) is 0 Å². The van der Waals surface area contributed by atoms with Crippen LogP contribution in [0.1, 0.15) is 49.7 Å². The topological polar surface area (TPSA) is 41.5 Å². The van der Waals surface area contributed by atoms with E-state index in [0.717, 1.165) is 31.6 Å². The zero-order valence-electron chi connectivity index (χ0n) is 12.1. The average molecular weight is 275 g/mol. The van der Waals surface area contributed by atoms with Crippen molar-refractivity contribution in [3.8, 4) is 0 Å². The maximum Gasteiger partial charge on any atom is 0.0697 e. The summed E-state index contributed by atoms with van der Waals surface area (Å²) >= 11 is 0. The second kappa shape index (κ2) is 6.25. The second-order valence-corrected chi connectivity index (χ2v) is 6.29. The van der Waals surface area contributed by atoms with Gasteiger partial charge in [0.15, 0.2) is 0 Å². The molecule has 0 amide bonds. The first kappa shape index (κ1) is 14.1. The molecule has 3 nitrogen and oxygen atoms in total. The largest absolute Gasteiger partial charge is 0.392 e. The summed E-state index contributed by atoms with van der Waals surface area (Å²) in [6.45, 7) is 1.90. The highest BCUT2D eigenvalue weighted by molar-refractivity contribution is 5.22. The fraction of sp³-hybridized carbons (Fsp3) is 0.647. The molecule has 1 unspecified atom stereocenters. The van der Waals surface area contributed by atoms with Crippen LogP contribution < -0.4 is 5.32 Å². The molecule has 0 radical (unpaired) electrons. The van der Waals surface area contributed by atoms with E-state index in [1.807, 2.05) is 12.1 Å². The zero-order valence-corrected chi connectivity index (χ0v) is 12.1. The van der Waals surface area contributed by atoms with Gasteiger partial charge in [-0.2, -0.15) is 0 Å². The summed E-state index contributed by atoms with van der Waals surface area (Å²) in [4.78, 5) is 0. The SMILES string of the molecule is OCc1cccc(CNC2CCOC3(CCCC3)C2)c1. The van der Waals surface area contributed by atoms with Gasteiger partial charge in [-0.1, -0.05) is 37.1 Å². The third-order valence-electron chi connectivity index (χ3n) is 4.78. The van der Waals surface area contributed by atoms with Crippen LogP contribution in [0.25, 0.3) is 0 Å². The quantitative estimate of drug-likeness (QED) is 0.888. The lowest BCUT2D eigenvalue weighted by Gasteiger charge is -2.38. The van der Waals surface area contributed by atoms with E-state index in [1.54, 1.807) is 0 Å². The summed E-state index contributed by atoms with van der Waals surface area (Å²) in [7, 11) is 0. The number of ether oxygens (including phenoxy) is 1. The van der Waals surface area contributed by atoms with E-state index in [1.165, 1.54) is 31.2 Å². The Bertz CT molecular complexity index is 440. The average Bonchev–Trinajstić information content (AvgIpc) is 2.93. The van der Waals surface area contributed by atoms with Gasteiger partial charge in [-0.3, -0.25) is 0 Å². The third kappa shape index (κ3) is 3.22. The van der Waals surface area contributed by atoms with Crippen molar-refractivity contribution >= 4 is 0 Å². The molecule has 1 aromatic carbocycles. The van der Waals surface area contributed by atoms with Gasteiger partial charge in [-0.15, -0.1) is 0 Å². The molecule has 110 valence electrons. The summed E-state index contributed by atoms with van der Waals surface area (Å²) in [5, 5.41) is 12.9. The predicted octanol–water partition coefficient (Wildman–Crippen LogP) is 2.76. The number of benzene rings is 1. The van der Waals surface area contributed by atoms with Gasteiger partial charge in [0, 0.05) is 19.2 Å². The Kier molecular flexibility index (Phi) is 4.39. The number of aliphatic hydroxyl groups is 1. The highest BCUT2D eigenvalue weighted by atomic mass is 16.5. The highest BCUT2D eigenvalue weighted by Gasteiger charge is 2.39.